The lowest BCUT2D eigenvalue weighted by molar-refractivity contribution is 0.153. The molecular formula is C18H16ClFN4O4S. The van der Waals surface area contributed by atoms with Crippen molar-refractivity contribution in [2.75, 3.05) is 7.05 Å². The summed E-state index contributed by atoms with van der Waals surface area (Å²) >= 11 is 6.15. The summed E-state index contributed by atoms with van der Waals surface area (Å²) in [7, 11) is -2.79. The van der Waals surface area contributed by atoms with Gasteiger partial charge in [-0.25, -0.2) is 22.3 Å². The molecule has 0 spiro atoms. The van der Waals surface area contributed by atoms with Crippen LogP contribution in [0.25, 0.3) is 5.69 Å². The van der Waals surface area contributed by atoms with Crippen molar-refractivity contribution in [3.8, 4) is 5.69 Å². The fraction of sp³-hybridized carbons (Fsp3) is 0.167. The maximum absolute atomic E-state index is 13.8. The van der Waals surface area contributed by atoms with Crippen LogP contribution in [-0.4, -0.2) is 46.3 Å². The normalized spacial score (nSPS) is 11.4. The first-order chi connectivity index (χ1) is 13.6. The quantitative estimate of drug-likeness (QED) is 0.655. The van der Waals surface area contributed by atoms with E-state index in [-0.39, 0.29) is 32.9 Å². The molecule has 0 atom stereocenters. The number of nitrogens with zero attached hydrogens (tertiary/aromatic N) is 4. The van der Waals surface area contributed by atoms with Crippen LogP contribution in [0.2, 0.25) is 5.02 Å². The van der Waals surface area contributed by atoms with Crippen LogP contribution in [0.15, 0.2) is 52.5 Å². The van der Waals surface area contributed by atoms with Gasteiger partial charge in [-0.05, 0) is 31.2 Å². The number of aromatic nitrogens is 3. The molecule has 0 saturated heterocycles. The highest BCUT2D eigenvalue weighted by molar-refractivity contribution is 7.91. The van der Waals surface area contributed by atoms with Gasteiger partial charge in [-0.15, -0.1) is 0 Å². The topological polar surface area (TPSA) is 105 Å². The fourth-order valence-electron chi connectivity index (χ4n) is 2.54. The Bertz CT molecular complexity index is 1180. The van der Waals surface area contributed by atoms with E-state index in [1.807, 2.05) is 0 Å². The molecule has 0 radical (unpaired) electrons. The summed E-state index contributed by atoms with van der Waals surface area (Å²) in [5, 5.41) is 13.0. The Kier molecular flexibility index (Phi) is 5.58. The molecule has 0 saturated carbocycles. The first-order valence-electron chi connectivity index (χ1n) is 8.26. The average molecular weight is 439 g/mol. The Hall–Kier alpha value is -2.98. The van der Waals surface area contributed by atoms with Crippen LogP contribution in [0.4, 0.5) is 9.18 Å². The second-order valence-electron chi connectivity index (χ2n) is 6.26. The Balaban J connectivity index is 2.21. The van der Waals surface area contributed by atoms with Crippen molar-refractivity contribution in [2.45, 2.75) is 23.4 Å². The summed E-state index contributed by atoms with van der Waals surface area (Å²) < 4.78 is 41.2. The third kappa shape index (κ3) is 4.22. The fourth-order valence-corrected chi connectivity index (χ4v) is 4.08. The lowest BCUT2D eigenvalue weighted by Gasteiger charge is -2.11. The molecule has 152 valence electrons. The number of pyridine rings is 1. The van der Waals surface area contributed by atoms with Crippen molar-refractivity contribution in [1.82, 2.24) is 19.7 Å². The summed E-state index contributed by atoms with van der Waals surface area (Å²) in [6, 6.07) is 7.63. The van der Waals surface area contributed by atoms with Crippen molar-refractivity contribution in [3.05, 3.63) is 64.8 Å². The van der Waals surface area contributed by atoms with Crippen molar-refractivity contribution < 1.29 is 22.7 Å². The highest BCUT2D eigenvalue weighted by atomic mass is 35.5. The molecule has 3 rings (SSSR count). The van der Waals surface area contributed by atoms with E-state index in [9.17, 15) is 17.6 Å². The van der Waals surface area contributed by atoms with E-state index in [1.165, 1.54) is 31.4 Å². The van der Waals surface area contributed by atoms with E-state index >= 15 is 0 Å². The molecule has 0 aliphatic rings. The second kappa shape index (κ2) is 7.80. The van der Waals surface area contributed by atoms with Crippen LogP contribution in [0.5, 0.6) is 0 Å². The first kappa shape index (κ1) is 20.7. The Morgan fingerprint density at radius 1 is 1.28 bits per heavy atom. The van der Waals surface area contributed by atoms with Crippen LogP contribution in [0.1, 0.15) is 11.4 Å². The van der Waals surface area contributed by atoms with Crippen LogP contribution < -0.4 is 0 Å². The predicted molar refractivity (Wildman–Crippen MR) is 102 cm³/mol. The number of hydrogen-bond acceptors (Lipinski definition) is 5. The predicted octanol–water partition coefficient (Wildman–Crippen LogP) is 3.31. The molecular weight excluding hydrogens is 423 g/mol. The number of carboxylic acid groups (broad SMARTS) is 1. The summed E-state index contributed by atoms with van der Waals surface area (Å²) in [5.74, 6) is -0.635. The minimum Gasteiger partial charge on any atom is -0.465 e. The Morgan fingerprint density at radius 3 is 2.62 bits per heavy atom. The van der Waals surface area contributed by atoms with Crippen molar-refractivity contribution in [1.29, 1.82) is 0 Å². The van der Waals surface area contributed by atoms with Gasteiger partial charge in [-0.1, -0.05) is 11.6 Å². The summed E-state index contributed by atoms with van der Waals surface area (Å²) in [6.07, 6.45) is -0.00593. The van der Waals surface area contributed by atoms with Crippen LogP contribution >= 0.6 is 11.6 Å². The summed E-state index contributed by atoms with van der Waals surface area (Å²) in [4.78, 5) is 16.0. The van der Waals surface area contributed by atoms with E-state index in [0.717, 1.165) is 21.7 Å². The molecule has 11 heteroatoms. The minimum atomic E-state index is -4.11. The van der Waals surface area contributed by atoms with Gasteiger partial charge >= 0.3 is 6.09 Å². The average Bonchev–Trinajstić information content (AvgIpc) is 3.08. The number of carbonyl (C=O) groups is 1. The lowest BCUT2D eigenvalue weighted by Crippen LogP contribution is -2.24. The van der Waals surface area contributed by atoms with Crippen molar-refractivity contribution in [2.24, 2.45) is 0 Å². The molecule has 0 fully saturated rings. The van der Waals surface area contributed by atoms with E-state index in [1.54, 1.807) is 13.0 Å². The van der Waals surface area contributed by atoms with Gasteiger partial charge in [0.15, 0.2) is 5.03 Å². The molecule has 0 aliphatic heterocycles. The molecule has 0 unspecified atom stereocenters. The smallest absolute Gasteiger partial charge is 0.407 e. The molecule has 1 amide bonds. The monoisotopic (exact) mass is 438 g/mol. The molecule has 8 nitrogen and oxygen atoms in total. The van der Waals surface area contributed by atoms with Gasteiger partial charge in [0.1, 0.15) is 5.82 Å². The van der Waals surface area contributed by atoms with Crippen LogP contribution in [0.3, 0.4) is 0 Å². The second-order valence-corrected chi connectivity index (χ2v) is 8.56. The molecule has 29 heavy (non-hydrogen) atoms. The molecule has 2 heterocycles. The maximum atomic E-state index is 13.8. The minimum absolute atomic E-state index is 0.00883. The van der Waals surface area contributed by atoms with E-state index in [0.29, 0.717) is 5.69 Å². The largest absolute Gasteiger partial charge is 0.465 e. The van der Waals surface area contributed by atoms with Gasteiger partial charge in [-0.2, -0.15) is 5.10 Å². The SMILES string of the molecule is Cc1ccc(S(=O)(=O)c2cc(CN(C)C(=O)O)nn2-c2cc(F)ccc2Cl)cn1. The Morgan fingerprint density at radius 2 is 2.00 bits per heavy atom. The molecule has 0 bridgehead atoms. The Labute approximate surface area is 171 Å². The first-order valence-corrected chi connectivity index (χ1v) is 10.1. The van der Waals surface area contributed by atoms with Gasteiger partial charge in [0.05, 0.1) is 27.8 Å². The number of sulfone groups is 1. The number of hydrogen-bond donors (Lipinski definition) is 1. The van der Waals surface area contributed by atoms with Gasteiger partial charge in [-0.3, -0.25) is 4.98 Å². The molecule has 3 aromatic rings. The van der Waals surface area contributed by atoms with Gasteiger partial charge in [0, 0.05) is 31.1 Å². The van der Waals surface area contributed by atoms with Crippen LogP contribution in [0, 0.1) is 12.7 Å². The number of aryl methyl sites for hydroxylation is 1. The number of benzene rings is 1. The molecule has 2 aromatic heterocycles. The van der Waals surface area contributed by atoms with E-state index < -0.39 is 21.7 Å². The molecule has 1 aromatic carbocycles. The van der Waals surface area contributed by atoms with Crippen molar-refractivity contribution >= 4 is 27.5 Å². The number of halogens is 2. The van der Waals surface area contributed by atoms with Gasteiger partial charge < -0.3 is 10.0 Å². The summed E-state index contributed by atoms with van der Waals surface area (Å²) in [5.41, 5.74) is 0.790. The zero-order valence-electron chi connectivity index (χ0n) is 15.4. The zero-order valence-corrected chi connectivity index (χ0v) is 16.9. The van der Waals surface area contributed by atoms with Gasteiger partial charge in [0.2, 0.25) is 9.84 Å². The van der Waals surface area contributed by atoms with Crippen LogP contribution in [-0.2, 0) is 16.4 Å². The third-order valence-corrected chi connectivity index (χ3v) is 6.08. The zero-order chi connectivity index (χ0) is 21.3. The lowest BCUT2D eigenvalue weighted by atomic mass is 10.3. The van der Waals surface area contributed by atoms with Gasteiger partial charge in [0.25, 0.3) is 0 Å². The van der Waals surface area contributed by atoms with E-state index in [2.05, 4.69) is 10.1 Å². The molecule has 0 aliphatic carbocycles. The molecule has 1 N–H and O–H groups in total. The maximum Gasteiger partial charge on any atom is 0.407 e. The highest BCUT2D eigenvalue weighted by Gasteiger charge is 2.27. The number of rotatable bonds is 5. The van der Waals surface area contributed by atoms with E-state index in [4.69, 9.17) is 16.7 Å². The summed E-state index contributed by atoms with van der Waals surface area (Å²) in [6.45, 7) is 1.54. The van der Waals surface area contributed by atoms with Crippen molar-refractivity contribution in [3.63, 3.8) is 0 Å². The standard InChI is InChI=1S/C18H16ClFN4O4S/c1-11-3-5-14(9-21-11)29(27,28)17-8-13(10-23(2)18(25)26)22-24(17)16-7-12(20)4-6-15(16)19/h3-9H,10H2,1-2H3,(H,25,26). The number of amides is 1. The highest BCUT2D eigenvalue weighted by Crippen LogP contribution is 2.28. The third-order valence-electron chi connectivity index (χ3n) is 4.06.